The van der Waals surface area contributed by atoms with Gasteiger partial charge in [-0.1, -0.05) is 19.8 Å². The van der Waals surface area contributed by atoms with Crippen molar-refractivity contribution >= 4 is 5.91 Å². The molecule has 0 aromatic rings. The number of piperidine rings is 1. The Bertz CT molecular complexity index is 352. The van der Waals surface area contributed by atoms with Gasteiger partial charge in [0.1, 0.15) is 0 Å². The topological polar surface area (TPSA) is 35.6 Å². The van der Waals surface area contributed by atoms with E-state index in [9.17, 15) is 4.79 Å². The third-order valence-corrected chi connectivity index (χ3v) is 5.55. The molecule has 0 radical (unpaired) electrons. The number of fused-ring (bicyclic) bond motifs is 1. The van der Waals surface area contributed by atoms with E-state index >= 15 is 0 Å². The lowest BCUT2D eigenvalue weighted by atomic mass is 9.80. The molecule has 0 saturated carbocycles. The average molecular weight is 279 g/mol. The fourth-order valence-corrected chi connectivity index (χ4v) is 4.40. The Kier molecular flexibility index (Phi) is 4.32. The smallest absolute Gasteiger partial charge is 0.230 e. The van der Waals surface area contributed by atoms with Gasteiger partial charge in [-0.25, -0.2) is 0 Å². The van der Waals surface area contributed by atoms with Crippen LogP contribution in [-0.4, -0.2) is 61.0 Å². The predicted molar refractivity (Wildman–Crippen MR) is 80.6 cm³/mol. The Morgan fingerprint density at radius 2 is 2.20 bits per heavy atom. The van der Waals surface area contributed by atoms with Gasteiger partial charge in [0.25, 0.3) is 0 Å². The lowest BCUT2D eigenvalue weighted by Crippen LogP contribution is -2.59. The predicted octanol–water partition coefficient (Wildman–Crippen LogP) is 1.46. The Labute approximate surface area is 122 Å². The van der Waals surface area contributed by atoms with E-state index in [0.29, 0.717) is 11.9 Å². The van der Waals surface area contributed by atoms with Crippen LogP contribution < -0.4 is 5.32 Å². The molecule has 1 N–H and O–H groups in total. The van der Waals surface area contributed by atoms with Gasteiger partial charge in [-0.15, -0.1) is 0 Å². The molecule has 3 saturated heterocycles. The number of rotatable bonds is 3. The summed E-state index contributed by atoms with van der Waals surface area (Å²) in [5.41, 5.74) is -0.0917. The zero-order chi connectivity index (χ0) is 14.0. The summed E-state index contributed by atoms with van der Waals surface area (Å²) in [7, 11) is 0. The largest absolute Gasteiger partial charge is 0.339 e. The van der Waals surface area contributed by atoms with Crippen molar-refractivity contribution in [2.24, 2.45) is 5.41 Å². The van der Waals surface area contributed by atoms with Gasteiger partial charge in [0.05, 0.1) is 5.41 Å². The normalized spacial score (nSPS) is 35.0. The highest BCUT2D eigenvalue weighted by Crippen LogP contribution is 2.34. The number of carbonyl (C=O) groups excluding carboxylic acids is 1. The van der Waals surface area contributed by atoms with Gasteiger partial charge in [0.2, 0.25) is 5.91 Å². The Balaban J connectivity index is 1.67. The van der Waals surface area contributed by atoms with Crippen molar-refractivity contribution < 1.29 is 4.79 Å². The maximum Gasteiger partial charge on any atom is 0.230 e. The molecule has 0 aromatic carbocycles. The number of carbonyl (C=O) groups is 1. The molecule has 4 nitrogen and oxygen atoms in total. The molecular formula is C16H29N3O. The van der Waals surface area contributed by atoms with Crippen LogP contribution >= 0.6 is 0 Å². The molecule has 2 atom stereocenters. The average Bonchev–Trinajstić information content (AvgIpc) is 2.96. The molecule has 1 amide bonds. The van der Waals surface area contributed by atoms with E-state index in [-0.39, 0.29) is 5.41 Å². The van der Waals surface area contributed by atoms with Crippen LogP contribution in [0.2, 0.25) is 0 Å². The molecule has 0 spiro atoms. The number of nitrogens with one attached hydrogen (secondary N) is 1. The molecule has 3 heterocycles. The summed E-state index contributed by atoms with van der Waals surface area (Å²) in [5.74, 6) is 0.439. The minimum Gasteiger partial charge on any atom is -0.339 e. The Hall–Kier alpha value is -0.610. The van der Waals surface area contributed by atoms with Crippen LogP contribution in [0.3, 0.4) is 0 Å². The Morgan fingerprint density at radius 1 is 1.30 bits per heavy atom. The summed E-state index contributed by atoms with van der Waals surface area (Å²) in [6.07, 6.45) is 7.15. The fraction of sp³-hybridized carbons (Fsp3) is 0.938. The van der Waals surface area contributed by atoms with Crippen molar-refractivity contribution in [2.45, 2.75) is 51.5 Å². The van der Waals surface area contributed by atoms with E-state index < -0.39 is 0 Å². The van der Waals surface area contributed by atoms with E-state index in [1.807, 2.05) is 0 Å². The monoisotopic (exact) mass is 279 g/mol. The second kappa shape index (κ2) is 6.02. The van der Waals surface area contributed by atoms with Crippen LogP contribution in [0.15, 0.2) is 0 Å². The SMILES string of the molecule is CCCC1(C(=O)N2CCN3CCCCC3C2)CCNC1. The number of hydrogen-bond donors (Lipinski definition) is 1. The quantitative estimate of drug-likeness (QED) is 0.849. The molecule has 3 rings (SSSR count). The van der Waals surface area contributed by atoms with Crippen LogP contribution in [0.5, 0.6) is 0 Å². The summed E-state index contributed by atoms with van der Waals surface area (Å²) in [6, 6.07) is 0.634. The molecule has 114 valence electrons. The van der Waals surface area contributed by atoms with Crippen LogP contribution in [0.25, 0.3) is 0 Å². The molecule has 3 aliphatic rings. The molecule has 2 unspecified atom stereocenters. The number of hydrogen-bond acceptors (Lipinski definition) is 3. The van der Waals surface area contributed by atoms with Crippen molar-refractivity contribution in [2.75, 3.05) is 39.3 Å². The summed E-state index contributed by atoms with van der Waals surface area (Å²) >= 11 is 0. The first-order chi connectivity index (χ1) is 9.75. The second-order valence-electron chi connectivity index (χ2n) is 6.89. The van der Waals surface area contributed by atoms with Crippen LogP contribution in [-0.2, 0) is 4.79 Å². The van der Waals surface area contributed by atoms with Crippen molar-refractivity contribution in [1.29, 1.82) is 0 Å². The van der Waals surface area contributed by atoms with Gasteiger partial charge >= 0.3 is 0 Å². The minimum absolute atomic E-state index is 0.0917. The first-order valence-corrected chi connectivity index (χ1v) is 8.49. The van der Waals surface area contributed by atoms with Crippen LogP contribution in [0.4, 0.5) is 0 Å². The highest BCUT2D eigenvalue weighted by atomic mass is 16.2. The molecule has 3 aliphatic heterocycles. The van der Waals surface area contributed by atoms with Gasteiger partial charge in [-0.3, -0.25) is 9.69 Å². The van der Waals surface area contributed by atoms with Gasteiger partial charge in [-0.05, 0) is 38.8 Å². The summed E-state index contributed by atoms with van der Waals surface area (Å²) < 4.78 is 0. The van der Waals surface area contributed by atoms with Crippen LogP contribution in [0, 0.1) is 5.41 Å². The van der Waals surface area contributed by atoms with E-state index in [2.05, 4.69) is 22.0 Å². The lowest BCUT2D eigenvalue weighted by Gasteiger charge is -2.46. The van der Waals surface area contributed by atoms with Gasteiger partial charge < -0.3 is 10.2 Å². The maximum absolute atomic E-state index is 13.1. The highest BCUT2D eigenvalue weighted by Gasteiger charge is 2.44. The second-order valence-corrected chi connectivity index (χ2v) is 6.89. The summed E-state index contributed by atoms with van der Waals surface area (Å²) in [5, 5.41) is 3.42. The van der Waals surface area contributed by atoms with Crippen molar-refractivity contribution in [3.05, 3.63) is 0 Å². The number of amides is 1. The van der Waals surface area contributed by atoms with E-state index in [4.69, 9.17) is 0 Å². The van der Waals surface area contributed by atoms with Crippen molar-refractivity contribution in [3.63, 3.8) is 0 Å². The number of piperazine rings is 1. The lowest BCUT2D eigenvalue weighted by molar-refractivity contribution is -0.145. The third-order valence-electron chi connectivity index (χ3n) is 5.55. The van der Waals surface area contributed by atoms with Gasteiger partial charge in [0.15, 0.2) is 0 Å². The number of nitrogens with zero attached hydrogens (tertiary/aromatic N) is 2. The molecule has 4 heteroatoms. The van der Waals surface area contributed by atoms with Crippen molar-refractivity contribution in [1.82, 2.24) is 15.1 Å². The van der Waals surface area contributed by atoms with E-state index in [0.717, 1.165) is 52.0 Å². The highest BCUT2D eigenvalue weighted by molar-refractivity contribution is 5.83. The first kappa shape index (κ1) is 14.3. The fourth-order valence-electron chi connectivity index (χ4n) is 4.40. The molecule has 0 aliphatic carbocycles. The summed E-state index contributed by atoms with van der Waals surface area (Å²) in [4.78, 5) is 17.8. The molecule has 0 bridgehead atoms. The molecular weight excluding hydrogens is 250 g/mol. The Morgan fingerprint density at radius 3 is 2.95 bits per heavy atom. The summed E-state index contributed by atoms with van der Waals surface area (Å²) in [6.45, 7) is 8.36. The van der Waals surface area contributed by atoms with Gasteiger partial charge in [0, 0.05) is 32.2 Å². The molecule has 0 aromatic heterocycles. The molecule has 3 fully saturated rings. The zero-order valence-corrected chi connectivity index (χ0v) is 12.9. The van der Waals surface area contributed by atoms with Crippen molar-refractivity contribution in [3.8, 4) is 0 Å². The first-order valence-electron chi connectivity index (χ1n) is 8.49. The van der Waals surface area contributed by atoms with E-state index in [1.54, 1.807) is 0 Å². The zero-order valence-electron chi connectivity index (χ0n) is 12.9. The standard InChI is InChI=1S/C16H29N3O/c1-2-6-16(7-8-17-13-16)15(20)19-11-10-18-9-4-3-5-14(18)12-19/h14,17H,2-13H2,1H3. The maximum atomic E-state index is 13.1. The van der Waals surface area contributed by atoms with E-state index in [1.165, 1.54) is 25.8 Å². The van der Waals surface area contributed by atoms with Crippen LogP contribution in [0.1, 0.15) is 45.4 Å². The third kappa shape index (κ3) is 2.60. The van der Waals surface area contributed by atoms with Gasteiger partial charge in [-0.2, -0.15) is 0 Å². The minimum atomic E-state index is -0.0917. The molecule has 20 heavy (non-hydrogen) atoms.